The molecule has 14 heteroatoms. The van der Waals surface area contributed by atoms with Gasteiger partial charge >= 0.3 is 12.1 Å². The largest absolute Gasteiger partial charge is 0.488 e. The van der Waals surface area contributed by atoms with Crippen LogP contribution in [0.1, 0.15) is 41.6 Å². The van der Waals surface area contributed by atoms with E-state index < -0.39 is 46.8 Å². The molecule has 1 amide bonds. The van der Waals surface area contributed by atoms with Gasteiger partial charge in [-0.25, -0.2) is 5.01 Å². The number of nitriles is 1. The average molecular weight is 533 g/mol. The van der Waals surface area contributed by atoms with Crippen LogP contribution in [-0.2, 0) is 4.74 Å². The number of nitrogens with one attached hydrogen (secondary N) is 1. The van der Waals surface area contributed by atoms with Gasteiger partial charge in [0.2, 0.25) is 0 Å². The van der Waals surface area contributed by atoms with Gasteiger partial charge in [0.05, 0.1) is 29.8 Å². The molecule has 1 aromatic rings. The minimum absolute atomic E-state index is 0.0288. The molecule has 0 bridgehead atoms. The van der Waals surface area contributed by atoms with E-state index in [4.69, 9.17) is 22.1 Å². The highest BCUT2D eigenvalue weighted by Crippen LogP contribution is 2.41. The van der Waals surface area contributed by atoms with E-state index in [2.05, 4.69) is 21.5 Å². The number of carbonyl (C=O) groups excluding carboxylic acids is 1. The number of amides is 1. The number of nitrogens with zero attached hydrogens (tertiary/aromatic N) is 4. The summed E-state index contributed by atoms with van der Waals surface area (Å²) in [5.41, 5.74) is 3.17. The fourth-order valence-corrected chi connectivity index (χ4v) is 3.64. The van der Waals surface area contributed by atoms with Gasteiger partial charge < -0.3 is 15.8 Å². The van der Waals surface area contributed by atoms with Gasteiger partial charge in [-0.15, -0.1) is 0 Å². The molecule has 1 saturated carbocycles. The van der Waals surface area contributed by atoms with Crippen molar-refractivity contribution in [1.29, 1.82) is 5.26 Å². The summed E-state index contributed by atoms with van der Waals surface area (Å²) in [6, 6.07) is 6.65. The first-order valence-electron chi connectivity index (χ1n) is 10.7. The van der Waals surface area contributed by atoms with Crippen LogP contribution >= 0.6 is 11.6 Å². The molecule has 0 radical (unpaired) electrons. The summed E-state index contributed by atoms with van der Waals surface area (Å²) >= 11 is 6.18. The van der Waals surface area contributed by atoms with Gasteiger partial charge in [-0.2, -0.15) is 32.3 Å². The zero-order valence-corrected chi connectivity index (χ0v) is 19.9. The highest BCUT2D eigenvalue weighted by atomic mass is 35.5. The van der Waals surface area contributed by atoms with Crippen molar-refractivity contribution in [3.05, 3.63) is 45.8 Å². The molecule has 0 spiro atoms. The van der Waals surface area contributed by atoms with Crippen molar-refractivity contribution >= 4 is 29.6 Å². The maximum Gasteiger partial charge on any atom is 0.459 e. The molecule has 3 rings (SSSR count). The van der Waals surface area contributed by atoms with E-state index in [0.717, 1.165) is 5.01 Å². The molecule has 1 fully saturated rings. The summed E-state index contributed by atoms with van der Waals surface area (Å²) < 4.78 is 71.7. The summed E-state index contributed by atoms with van der Waals surface area (Å²) in [4.78, 5) is 16.5. The summed E-state index contributed by atoms with van der Waals surface area (Å²) in [7, 11) is 1.17. The predicted octanol–water partition coefficient (Wildman–Crippen LogP) is 3.94. The summed E-state index contributed by atoms with van der Waals surface area (Å²) in [6.45, 7) is 1.10. The monoisotopic (exact) mass is 532 g/mol. The normalized spacial score (nSPS) is 20.0. The fourth-order valence-electron chi connectivity index (χ4n) is 3.43. The van der Waals surface area contributed by atoms with Gasteiger partial charge in [0, 0.05) is 19.2 Å². The van der Waals surface area contributed by atoms with E-state index in [-0.39, 0.29) is 23.7 Å². The Morgan fingerprint density at radius 3 is 2.58 bits per heavy atom. The van der Waals surface area contributed by atoms with Gasteiger partial charge in [0.1, 0.15) is 11.2 Å². The zero-order valence-electron chi connectivity index (χ0n) is 19.2. The van der Waals surface area contributed by atoms with Gasteiger partial charge in [-0.05, 0) is 37.5 Å². The lowest BCUT2D eigenvalue weighted by Crippen LogP contribution is -2.44. The van der Waals surface area contributed by atoms with Crippen LogP contribution in [0.25, 0.3) is 0 Å². The SMILES string of the molecule is CCOC(C(=NC)N1CC(c2ccc(Cl)c(C(=O)NC3(C#N)CC3)c2)C=N1)=C(N)C(F)(F)C(F)(F)F. The standard InChI is InChI=1S/C22H22ClF5N6O2/c1-3-36-16(17(30)21(24,25)22(26,27)28)18(31-2)34-10-13(9-32-34)12-4-5-15(23)14(8-12)19(35)33-20(11-29)6-7-20/h4-5,8-9,13H,3,6-7,10,30H2,1-2H3,(H,33,35). The fraction of sp³-hybridized carbons (Fsp3) is 0.455. The van der Waals surface area contributed by atoms with Crippen molar-refractivity contribution in [1.82, 2.24) is 10.3 Å². The molecule has 36 heavy (non-hydrogen) atoms. The number of hydrazone groups is 1. The van der Waals surface area contributed by atoms with Crippen molar-refractivity contribution in [2.45, 2.75) is 43.3 Å². The number of benzene rings is 1. The minimum Gasteiger partial charge on any atom is -0.488 e. The third-order valence-electron chi connectivity index (χ3n) is 5.62. The Labute approximate surface area is 208 Å². The van der Waals surface area contributed by atoms with E-state index in [1.165, 1.54) is 32.3 Å². The third-order valence-corrected chi connectivity index (χ3v) is 5.95. The number of allylic oxidation sites excluding steroid dienone is 1. The molecule has 1 unspecified atom stereocenters. The average Bonchev–Trinajstić information content (AvgIpc) is 3.42. The Balaban J connectivity index is 1.86. The predicted molar refractivity (Wildman–Crippen MR) is 122 cm³/mol. The number of ether oxygens (including phenoxy) is 1. The number of amidine groups is 1. The first-order valence-corrected chi connectivity index (χ1v) is 11.1. The van der Waals surface area contributed by atoms with E-state index in [9.17, 15) is 32.0 Å². The Bertz CT molecular complexity index is 1170. The lowest BCUT2D eigenvalue weighted by Gasteiger charge is -2.25. The topological polar surface area (TPSA) is 116 Å². The first kappa shape index (κ1) is 27.2. The van der Waals surface area contributed by atoms with Crippen LogP contribution in [0, 0.1) is 11.3 Å². The van der Waals surface area contributed by atoms with Crippen LogP contribution in [0.15, 0.2) is 39.7 Å². The second kappa shape index (κ2) is 9.93. The van der Waals surface area contributed by atoms with Crippen LogP contribution in [-0.4, -0.2) is 60.8 Å². The summed E-state index contributed by atoms with van der Waals surface area (Å²) in [5.74, 6) is -7.77. The molecular weight excluding hydrogens is 511 g/mol. The second-order valence-electron chi connectivity index (χ2n) is 8.14. The molecule has 3 N–H and O–H groups in total. The van der Waals surface area contributed by atoms with Crippen molar-refractivity contribution in [2.75, 3.05) is 20.2 Å². The maximum atomic E-state index is 14.0. The molecule has 8 nitrogen and oxygen atoms in total. The summed E-state index contributed by atoms with van der Waals surface area (Å²) in [6.07, 6.45) is -3.47. The zero-order chi connectivity index (χ0) is 26.9. The molecule has 1 atom stereocenters. The maximum absolute atomic E-state index is 14.0. The molecule has 194 valence electrons. The Hall–Kier alpha value is -3.40. The van der Waals surface area contributed by atoms with Crippen molar-refractivity contribution in [2.24, 2.45) is 15.8 Å². The van der Waals surface area contributed by atoms with Crippen molar-refractivity contribution < 1.29 is 31.5 Å². The number of hydrogen-bond donors (Lipinski definition) is 2. The number of carbonyl (C=O) groups is 1. The number of alkyl halides is 5. The molecule has 1 aromatic carbocycles. The second-order valence-corrected chi connectivity index (χ2v) is 8.54. The van der Waals surface area contributed by atoms with Gasteiger partial charge in [-0.1, -0.05) is 17.7 Å². The van der Waals surface area contributed by atoms with Gasteiger partial charge in [-0.3, -0.25) is 9.79 Å². The molecule has 1 aliphatic heterocycles. The van der Waals surface area contributed by atoms with Crippen LogP contribution in [0.3, 0.4) is 0 Å². The quantitative estimate of drug-likeness (QED) is 0.239. The minimum atomic E-state index is -5.94. The van der Waals surface area contributed by atoms with Crippen LogP contribution in [0.5, 0.6) is 0 Å². The smallest absolute Gasteiger partial charge is 0.459 e. The molecule has 1 aliphatic carbocycles. The molecule has 0 saturated heterocycles. The number of aliphatic imine (C=N–C) groups is 1. The molecule has 2 aliphatic rings. The third kappa shape index (κ3) is 5.23. The summed E-state index contributed by atoms with van der Waals surface area (Å²) in [5, 5.41) is 17.2. The molecule has 0 aromatic heterocycles. The van der Waals surface area contributed by atoms with Crippen molar-refractivity contribution in [3.63, 3.8) is 0 Å². The first-order chi connectivity index (χ1) is 16.8. The van der Waals surface area contributed by atoms with Crippen LogP contribution in [0.4, 0.5) is 22.0 Å². The Morgan fingerprint density at radius 1 is 1.39 bits per heavy atom. The lowest BCUT2D eigenvalue weighted by atomic mass is 9.98. The Morgan fingerprint density at radius 2 is 2.06 bits per heavy atom. The number of rotatable bonds is 7. The van der Waals surface area contributed by atoms with Crippen LogP contribution in [0.2, 0.25) is 5.02 Å². The Kier molecular flexibility index (Phi) is 7.50. The van der Waals surface area contributed by atoms with E-state index in [0.29, 0.717) is 18.4 Å². The van der Waals surface area contributed by atoms with E-state index in [1.54, 1.807) is 6.07 Å². The van der Waals surface area contributed by atoms with Crippen LogP contribution < -0.4 is 11.1 Å². The number of nitrogens with two attached hydrogens (primary N) is 1. The number of hydrogen-bond acceptors (Lipinski definition) is 6. The number of halogens is 6. The highest BCUT2D eigenvalue weighted by molar-refractivity contribution is 6.33. The van der Waals surface area contributed by atoms with Crippen molar-refractivity contribution in [3.8, 4) is 6.07 Å². The van der Waals surface area contributed by atoms with E-state index >= 15 is 0 Å². The van der Waals surface area contributed by atoms with Gasteiger partial charge in [0.15, 0.2) is 11.6 Å². The van der Waals surface area contributed by atoms with E-state index in [1.807, 2.05) is 0 Å². The van der Waals surface area contributed by atoms with Gasteiger partial charge in [0.25, 0.3) is 5.91 Å². The lowest BCUT2D eigenvalue weighted by molar-refractivity contribution is -0.265. The molecular formula is C22H22ClF5N6O2. The highest BCUT2D eigenvalue weighted by Gasteiger charge is 2.61. The molecule has 1 heterocycles.